The van der Waals surface area contributed by atoms with Crippen LogP contribution in [0.15, 0.2) is 47.4 Å². The van der Waals surface area contributed by atoms with Crippen LogP contribution in [0.4, 0.5) is 5.69 Å². The first kappa shape index (κ1) is 20.5. The van der Waals surface area contributed by atoms with E-state index < -0.39 is 10.0 Å². The summed E-state index contributed by atoms with van der Waals surface area (Å²) < 4.78 is 38.3. The van der Waals surface area contributed by atoms with E-state index in [0.29, 0.717) is 17.2 Å². The number of benzene rings is 2. The van der Waals surface area contributed by atoms with Gasteiger partial charge in [0.2, 0.25) is 0 Å². The Morgan fingerprint density at radius 3 is 2.25 bits per heavy atom. The Bertz CT molecular complexity index is 889. The van der Waals surface area contributed by atoms with Gasteiger partial charge >= 0.3 is 0 Å². The molecule has 0 radical (unpaired) electrons. The highest BCUT2D eigenvalue weighted by Gasteiger charge is 2.18. The van der Waals surface area contributed by atoms with Crippen molar-refractivity contribution >= 4 is 15.7 Å². The topological polar surface area (TPSA) is 67.9 Å². The van der Waals surface area contributed by atoms with Gasteiger partial charge in [-0.2, -0.15) is 0 Å². The molecule has 1 fully saturated rings. The molecule has 2 aromatic rings. The second-order valence-corrected chi connectivity index (χ2v) is 8.96. The number of hydrogen-bond acceptors (Lipinski definition) is 5. The summed E-state index contributed by atoms with van der Waals surface area (Å²) >= 11 is 0. The quantitative estimate of drug-likeness (QED) is 0.761. The summed E-state index contributed by atoms with van der Waals surface area (Å²) in [6, 6.07) is 12.1. The van der Waals surface area contributed by atoms with E-state index in [1.165, 1.54) is 44.8 Å². The Morgan fingerprint density at radius 1 is 1.00 bits per heavy atom. The predicted octanol–water partition coefficient (Wildman–Crippen LogP) is 3.74. The van der Waals surface area contributed by atoms with Gasteiger partial charge in [0, 0.05) is 18.3 Å². The molecule has 0 aliphatic carbocycles. The molecule has 0 unspecified atom stereocenters. The Kier molecular flexibility index (Phi) is 6.46. The molecule has 1 aliphatic rings. The lowest BCUT2D eigenvalue weighted by Crippen LogP contribution is -2.32. The van der Waals surface area contributed by atoms with Crippen LogP contribution in [0.25, 0.3) is 0 Å². The van der Waals surface area contributed by atoms with Crippen LogP contribution in [0.1, 0.15) is 25.3 Å². The van der Waals surface area contributed by atoms with E-state index in [9.17, 15) is 8.42 Å². The summed E-state index contributed by atoms with van der Waals surface area (Å²) in [5.41, 5.74) is 1.72. The summed E-state index contributed by atoms with van der Waals surface area (Å²) in [5.74, 6) is 1.67. The fourth-order valence-electron chi connectivity index (χ4n) is 3.35. The highest BCUT2D eigenvalue weighted by atomic mass is 32.2. The van der Waals surface area contributed by atoms with Crippen LogP contribution in [0.3, 0.4) is 0 Å². The van der Waals surface area contributed by atoms with Crippen LogP contribution in [0, 0.1) is 5.92 Å². The Morgan fingerprint density at radius 2 is 1.64 bits per heavy atom. The Balaban J connectivity index is 1.67. The van der Waals surface area contributed by atoms with Gasteiger partial charge < -0.3 is 9.47 Å². The van der Waals surface area contributed by atoms with Crippen molar-refractivity contribution in [1.82, 2.24) is 4.90 Å². The van der Waals surface area contributed by atoms with Crippen molar-refractivity contribution in [3.63, 3.8) is 0 Å². The molecule has 152 valence electrons. The molecule has 2 aromatic carbocycles. The number of nitrogens with zero attached hydrogens (tertiary/aromatic N) is 1. The smallest absolute Gasteiger partial charge is 0.262 e. The summed E-state index contributed by atoms with van der Waals surface area (Å²) in [5, 5.41) is 0. The molecule has 0 amide bonds. The molecule has 3 rings (SSSR count). The van der Waals surface area contributed by atoms with Gasteiger partial charge in [0.1, 0.15) is 0 Å². The molecule has 1 N–H and O–H groups in total. The molecule has 1 heterocycles. The molecule has 1 saturated heterocycles. The third-order valence-electron chi connectivity index (χ3n) is 5.15. The average molecular weight is 405 g/mol. The molecule has 1 aliphatic heterocycles. The summed E-state index contributed by atoms with van der Waals surface area (Å²) in [4.78, 5) is 2.57. The molecule has 6 nitrogen and oxygen atoms in total. The summed E-state index contributed by atoms with van der Waals surface area (Å²) in [6.07, 6.45) is 2.48. The van der Waals surface area contributed by atoms with Gasteiger partial charge in [0.05, 0.1) is 19.1 Å². The minimum absolute atomic E-state index is 0.122. The minimum atomic E-state index is -3.71. The predicted molar refractivity (Wildman–Crippen MR) is 110 cm³/mol. The fraction of sp³-hybridized carbons (Fsp3) is 0.429. The molecular weight excluding hydrogens is 376 g/mol. The highest BCUT2D eigenvalue weighted by Crippen LogP contribution is 2.30. The third-order valence-corrected chi connectivity index (χ3v) is 6.53. The monoisotopic (exact) mass is 404 g/mol. The van der Waals surface area contributed by atoms with E-state index in [4.69, 9.17) is 9.47 Å². The zero-order valence-corrected chi connectivity index (χ0v) is 17.5. The van der Waals surface area contributed by atoms with Crippen LogP contribution in [-0.2, 0) is 16.6 Å². The van der Waals surface area contributed by atoms with Crippen molar-refractivity contribution in [2.24, 2.45) is 5.92 Å². The lowest BCUT2D eigenvalue weighted by molar-refractivity contribution is 0.185. The molecule has 28 heavy (non-hydrogen) atoms. The average Bonchev–Trinajstić information content (AvgIpc) is 2.70. The normalized spacial score (nSPS) is 16.0. The number of anilines is 1. The zero-order valence-electron chi connectivity index (χ0n) is 16.6. The van der Waals surface area contributed by atoms with Crippen LogP contribution >= 0.6 is 0 Å². The van der Waals surface area contributed by atoms with Gasteiger partial charge in [0.15, 0.2) is 11.5 Å². The first-order valence-corrected chi connectivity index (χ1v) is 11.0. The van der Waals surface area contributed by atoms with Crippen molar-refractivity contribution in [1.29, 1.82) is 0 Å². The van der Waals surface area contributed by atoms with Gasteiger partial charge in [0.25, 0.3) is 10.0 Å². The maximum absolute atomic E-state index is 12.7. The van der Waals surface area contributed by atoms with Gasteiger partial charge in [-0.1, -0.05) is 19.1 Å². The second-order valence-electron chi connectivity index (χ2n) is 7.28. The molecular formula is C21H28N2O4S. The number of likely N-dealkylation sites (tertiary alicyclic amines) is 1. The Hall–Kier alpha value is -2.25. The van der Waals surface area contributed by atoms with Gasteiger partial charge in [-0.3, -0.25) is 9.62 Å². The largest absolute Gasteiger partial charge is 0.493 e. The minimum Gasteiger partial charge on any atom is -0.493 e. The molecule has 0 atom stereocenters. The number of rotatable bonds is 7. The number of hydrogen-bond donors (Lipinski definition) is 1. The molecule has 0 saturated carbocycles. The van der Waals surface area contributed by atoms with Crippen LogP contribution in [-0.4, -0.2) is 40.6 Å². The number of piperidine rings is 1. The second kappa shape index (κ2) is 8.84. The number of nitrogens with one attached hydrogen (secondary N) is 1. The van der Waals surface area contributed by atoms with Crippen molar-refractivity contribution in [2.45, 2.75) is 31.2 Å². The summed E-state index contributed by atoms with van der Waals surface area (Å²) in [6.45, 7) is 5.44. The van der Waals surface area contributed by atoms with E-state index >= 15 is 0 Å². The molecule has 7 heteroatoms. The van der Waals surface area contributed by atoms with Crippen molar-refractivity contribution in [3.05, 3.63) is 48.0 Å². The molecule has 0 bridgehead atoms. The van der Waals surface area contributed by atoms with Crippen LogP contribution in [0.2, 0.25) is 0 Å². The van der Waals surface area contributed by atoms with Gasteiger partial charge in [-0.05, 0) is 61.7 Å². The van der Waals surface area contributed by atoms with Crippen LogP contribution < -0.4 is 14.2 Å². The number of ether oxygens (including phenoxy) is 2. The lowest BCUT2D eigenvalue weighted by Gasteiger charge is -2.30. The first-order valence-electron chi connectivity index (χ1n) is 9.47. The maximum atomic E-state index is 12.7. The van der Waals surface area contributed by atoms with Gasteiger partial charge in [-0.15, -0.1) is 0 Å². The first-order chi connectivity index (χ1) is 13.4. The maximum Gasteiger partial charge on any atom is 0.262 e. The molecule has 0 aromatic heterocycles. The van der Waals surface area contributed by atoms with E-state index in [2.05, 4.69) is 16.5 Å². The van der Waals surface area contributed by atoms with E-state index in [1.807, 2.05) is 12.1 Å². The fourth-order valence-corrected chi connectivity index (χ4v) is 4.43. The highest BCUT2D eigenvalue weighted by molar-refractivity contribution is 7.92. The van der Waals surface area contributed by atoms with Crippen LogP contribution in [0.5, 0.6) is 11.5 Å². The third kappa shape index (κ3) is 4.97. The molecule has 0 spiro atoms. The van der Waals surface area contributed by atoms with E-state index in [0.717, 1.165) is 25.6 Å². The number of methoxy groups -OCH3 is 2. The van der Waals surface area contributed by atoms with Gasteiger partial charge in [-0.25, -0.2) is 8.42 Å². The van der Waals surface area contributed by atoms with Crippen molar-refractivity contribution in [3.8, 4) is 11.5 Å². The summed E-state index contributed by atoms with van der Waals surface area (Å²) in [7, 11) is -0.727. The lowest BCUT2D eigenvalue weighted by atomic mass is 9.99. The van der Waals surface area contributed by atoms with E-state index in [1.54, 1.807) is 18.2 Å². The SMILES string of the molecule is COc1ccc(S(=O)(=O)Nc2ccc(CN3CCC(C)CC3)cc2)cc1OC. The standard InChI is InChI=1S/C21H28N2O4S/c1-16-10-12-23(13-11-16)15-17-4-6-18(7-5-17)22-28(24,25)19-8-9-20(26-2)21(14-19)27-3/h4-9,14,16,22H,10-13,15H2,1-3H3. The zero-order chi connectivity index (χ0) is 20.1. The van der Waals surface area contributed by atoms with E-state index in [-0.39, 0.29) is 4.90 Å². The van der Waals surface area contributed by atoms with Crippen molar-refractivity contribution in [2.75, 3.05) is 32.0 Å². The number of sulfonamides is 1. The van der Waals surface area contributed by atoms with Crippen molar-refractivity contribution < 1.29 is 17.9 Å². The Labute approximate surface area is 167 Å².